The number of allylic oxidation sites excluding steroid dienone is 1. The van der Waals surface area contributed by atoms with Gasteiger partial charge in [0.25, 0.3) is 0 Å². The SMILES string of the molecule is Cc1ccccc1C(=O)O.NC(N)=C(/C=C(\N)c1ccccc1O)N1CCOCC1. The number of ether oxygens (including phenoxy) is 1. The number of aryl methyl sites for hydroxylation is 1. The molecule has 3 rings (SSSR count). The Bertz CT molecular complexity index is 930. The molecule has 1 fully saturated rings. The lowest BCUT2D eigenvalue weighted by Gasteiger charge is -2.30. The Labute approximate surface area is 175 Å². The second-order valence-electron chi connectivity index (χ2n) is 6.68. The summed E-state index contributed by atoms with van der Waals surface area (Å²) < 4.78 is 5.30. The van der Waals surface area contributed by atoms with Crippen LogP contribution in [0.15, 0.2) is 66.1 Å². The highest BCUT2D eigenvalue weighted by atomic mass is 16.5. The minimum absolute atomic E-state index is 0.123. The summed E-state index contributed by atoms with van der Waals surface area (Å²) in [5.74, 6) is -0.540. The van der Waals surface area contributed by atoms with E-state index in [0.717, 1.165) is 5.56 Å². The van der Waals surface area contributed by atoms with Crippen molar-refractivity contribution in [2.24, 2.45) is 17.2 Å². The first-order valence-corrected chi connectivity index (χ1v) is 9.43. The van der Waals surface area contributed by atoms with Crippen LogP contribution in [0.25, 0.3) is 5.70 Å². The van der Waals surface area contributed by atoms with Gasteiger partial charge < -0.3 is 37.1 Å². The fraction of sp³-hybridized carbons (Fsp3) is 0.227. The van der Waals surface area contributed by atoms with Crippen LogP contribution in [0.1, 0.15) is 21.5 Å². The Balaban J connectivity index is 0.000000269. The van der Waals surface area contributed by atoms with Gasteiger partial charge in [-0.2, -0.15) is 0 Å². The maximum Gasteiger partial charge on any atom is 0.335 e. The van der Waals surface area contributed by atoms with E-state index in [1.165, 1.54) is 0 Å². The Hall–Kier alpha value is -3.65. The van der Waals surface area contributed by atoms with E-state index >= 15 is 0 Å². The molecule has 0 amide bonds. The molecule has 1 heterocycles. The van der Waals surface area contributed by atoms with Crippen LogP contribution in [-0.2, 0) is 4.74 Å². The van der Waals surface area contributed by atoms with Crippen LogP contribution in [0.5, 0.6) is 5.75 Å². The number of carboxylic acid groups (broad SMARTS) is 1. The lowest BCUT2D eigenvalue weighted by atomic mass is 10.1. The molecule has 30 heavy (non-hydrogen) atoms. The van der Waals surface area contributed by atoms with Crippen molar-refractivity contribution >= 4 is 11.7 Å². The van der Waals surface area contributed by atoms with Crippen molar-refractivity contribution < 1.29 is 19.7 Å². The van der Waals surface area contributed by atoms with E-state index in [1.54, 1.807) is 55.5 Å². The standard InChI is InChI=1S/C14H20N4O2.C8H8O2/c15-11(10-3-1-2-4-13(10)19)9-12(14(16)17)18-5-7-20-8-6-18;1-6-4-2-3-5-7(6)8(9)10/h1-4,9,19H,5-8,15-17H2;2-5H,1H3,(H,9,10)/b11-9-;. The van der Waals surface area contributed by atoms with E-state index in [4.69, 9.17) is 27.0 Å². The number of hydrogen-bond acceptors (Lipinski definition) is 7. The normalized spacial score (nSPS) is 13.8. The summed E-state index contributed by atoms with van der Waals surface area (Å²) in [5.41, 5.74) is 20.3. The van der Waals surface area contributed by atoms with Crippen molar-refractivity contribution in [3.63, 3.8) is 0 Å². The number of hydrogen-bond donors (Lipinski definition) is 5. The molecule has 0 unspecified atom stereocenters. The molecular formula is C22H28N4O4. The zero-order valence-electron chi connectivity index (χ0n) is 16.9. The van der Waals surface area contributed by atoms with Crippen molar-refractivity contribution in [3.05, 3.63) is 82.8 Å². The number of morpholine rings is 1. The van der Waals surface area contributed by atoms with Gasteiger partial charge in [0, 0.05) is 24.4 Å². The number of nitrogens with zero attached hydrogens (tertiary/aromatic N) is 1. The summed E-state index contributed by atoms with van der Waals surface area (Å²) in [6.07, 6.45) is 1.69. The molecule has 0 atom stereocenters. The largest absolute Gasteiger partial charge is 0.507 e. The van der Waals surface area contributed by atoms with Crippen molar-refractivity contribution in [1.29, 1.82) is 0 Å². The van der Waals surface area contributed by atoms with Crippen molar-refractivity contribution in [2.75, 3.05) is 26.3 Å². The van der Waals surface area contributed by atoms with Gasteiger partial charge in [-0.1, -0.05) is 30.3 Å². The lowest BCUT2D eigenvalue weighted by Crippen LogP contribution is -2.37. The molecule has 8 heteroatoms. The van der Waals surface area contributed by atoms with Crippen LogP contribution in [0.4, 0.5) is 0 Å². The molecule has 160 valence electrons. The van der Waals surface area contributed by atoms with Gasteiger partial charge in [0.2, 0.25) is 0 Å². The van der Waals surface area contributed by atoms with Gasteiger partial charge in [-0.25, -0.2) is 4.79 Å². The number of phenolic OH excluding ortho intramolecular Hbond substituents is 1. The average molecular weight is 412 g/mol. The molecule has 0 saturated carbocycles. The van der Waals surface area contributed by atoms with Crippen molar-refractivity contribution in [1.82, 2.24) is 4.90 Å². The summed E-state index contributed by atoms with van der Waals surface area (Å²) in [6.45, 7) is 4.45. The highest BCUT2D eigenvalue weighted by Crippen LogP contribution is 2.23. The number of aromatic carboxylic acids is 1. The number of phenols is 1. The number of rotatable bonds is 4. The topological polar surface area (TPSA) is 148 Å². The van der Waals surface area contributed by atoms with Gasteiger partial charge in [0.1, 0.15) is 11.6 Å². The van der Waals surface area contributed by atoms with E-state index in [2.05, 4.69) is 0 Å². The monoisotopic (exact) mass is 412 g/mol. The molecular weight excluding hydrogens is 384 g/mol. The van der Waals surface area contributed by atoms with Gasteiger partial charge in [0.05, 0.1) is 24.5 Å². The summed E-state index contributed by atoms with van der Waals surface area (Å²) >= 11 is 0. The minimum atomic E-state index is -0.863. The van der Waals surface area contributed by atoms with Crippen LogP contribution >= 0.6 is 0 Å². The van der Waals surface area contributed by atoms with Gasteiger partial charge in [-0.05, 0) is 36.8 Å². The molecule has 2 aromatic carbocycles. The second-order valence-corrected chi connectivity index (χ2v) is 6.68. The summed E-state index contributed by atoms with van der Waals surface area (Å²) in [5, 5.41) is 18.4. The van der Waals surface area contributed by atoms with Gasteiger partial charge in [-0.15, -0.1) is 0 Å². The van der Waals surface area contributed by atoms with Crippen LogP contribution in [0.3, 0.4) is 0 Å². The van der Waals surface area contributed by atoms with E-state index in [9.17, 15) is 9.90 Å². The molecule has 0 spiro atoms. The molecule has 8 nitrogen and oxygen atoms in total. The van der Waals surface area contributed by atoms with E-state index in [1.807, 2.05) is 11.0 Å². The van der Waals surface area contributed by atoms with E-state index in [0.29, 0.717) is 48.8 Å². The first kappa shape index (κ1) is 22.6. The molecule has 0 aromatic heterocycles. The molecule has 0 radical (unpaired) electrons. The predicted molar refractivity (Wildman–Crippen MR) is 116 cm³/mol. The molecule has 8 N–H and O–H groups in total. The van der Waals surface area contributed by atoms with Crippen molar-refractivity contribution in [2.45, 2.75) is 6.92 Å². The minimum Gasteiger partial charge on any atom is -0.507 e. The zero-order valence-corrected chi connectivity index (χ0v) is 16.9. The third kappa shape index (κ3) is 6.18. The van der Waals surface area contributed by atoms with Crippen LogP contribution in [0, 0.1) is 6.92 Å². The number of carbonyl (C=O) groups is 1. The predicted octanol–water partition coefficient (Wildman–Crippen LogP) is 1.80. The Morgan fingerprint density at radius 2 is 1.57 bits per heavy atom. The van der Waals surface area contributed by atoms with Crippen molar-refractivity contribution in [3.8, 4) is 5.75 Å². The Kier molecular flexibility index (Phi) is 8.13. The van der Waals surface area contributed by atoms with E-state index < -0.39 is 5.97 Å². The molecule has 1 aliphatic heterocycles. The molecule has 2 aromatic rings. The molecule has 1 aliphatic rings. The molecule has 0 bridgehead atoms. The number of aromatic hydroxyl groups is 1. The Morgan fingerprint density at radius 3 is 2.07 bits per heavy atom. The summed E-state index contributed by atoms with van der Waals surface area (Å²) in [7, 11) is 0. The Morgan fingerprint density at radius 1 is 1.00 bits per heavy atom. The lowest BCUT2D eigenvalue weighted by molar-refractivity contribution is 0.0549. The first-order valence-electron chi connectivity index (χ1n) is 9.43. The summed E-state index contributed by atoms with van der Waals surface area (Å²) in [4.78, 5) is 12.4. The first-order chi connectivity index (χ1) is 14.3. The summed E-state index contributed by atoms with van der Waals surface area (Å²) in [6, 6.07) is 13.8. The number of benzene rings is 2. The number of para-hydroxylation sites is 1. The fourth-order valence-electron chi connectivity index (χ4n) is 2.92. The average Bonchev–Trinajstić information content (AvgIpc) is 2.73. The highest BCUT2D eigenvalue weighted by Gasteiger charge is 2.15. The third-order valence-corrected chi connectivity index (χ3v) is 4.53. The van der Waals surface area contributed by atoms with Gasteiger partial charge in [-0.3, -0.25) is 0 Å². The maximum absolute atomic E-state index is 10.4. The zero-order chi connectivity index (χ0) is 22.1. The number of carboxylic acids is 1. The number of nitrogens with two attached hydrogens (primary N) is 3. The van der Waals surface area contributed by atoms with Crippen LogP contribution in [-0.4, -0.2) is 47.4 Å². The fourth-order valence-corrected chi connectivity index (χ4v) is 2.92. The third-order valence-electron chi connectivity index (χ3n) is 4.53. The molecule has 0 aliphatic carbocycles. The maximum atomic E-state index is 10.4. The second kappa shape index (κ2) is 10.8. The van der Waals surface area contributed by atoms with Gasteiger partial charge in [0.15, 0.2) is 0 Å². The van der Waals surface area contributed by atoms with E-state index in [-0.39, 0.29) is 11.6 Å². The smallest absolute Gasteiger partial charge is 0.335 e. The van der Waals surface area contributed by atoms with Crippen LogP contribution in [0.2, 0.25) is 0 Å². The van der Waals surface area contributed by atoms with Crippen LogP contribution < -0.4 is 17.2 Å². The van der Waals surface area contributed by atoms with Gasteiger partial charge >= 0.3 is 5.97 Å². The quantitative estimate of drug-likeness (QED) is 0.478. The highest BCUT2D eigenvalue weighted by molar-refractivity contribution is 5.89. The molecule has 1 saturated heterocycles.